The third-order valence-electron chi connectivity index (χ3n) is 3.38. The lowest BCUT2D eigenvalue weighted by molar-refractivity contribution is 0.0334. The van der Waals surface area contributed by atoms with Crippen LogP contribution >= 0.6 is 0 Å². The summed E-state index contributed by atoms with van der Waals surface area (Å²) in [6, 6.07) is 3.92. The Bertz CT molecular complexity index is 390. The highest BCUT2D eigenvalue weighted by molar-refractivity contribution is 5.48. The molecule has 1 aromatic rings. The number of ether oxygens (including phenoxy) is 1. The second kappa shape index (κ2) is 5.52. The molecule has 1 unspecified atom stereocenters. The Hall–Kier alpha value is -1.06. The molecule has 3 N–H and O–H groups in total. The van der Waals surface area contributed by atoms with E-state index >= 15 is 0 Å². The minimum absolute atomic E-state index is 0.208. The van der Waals surface area contributed by atoms with E-state index in [-0.39, 0.29) is 6.54 Å². The average Bonchev–Trinajstić information content (AvgIpc) is 2.32. The van der Waals surface area contributed by atoms with E-state index in [4.69, 9.17) is 10.5 Å². The zero-order valence-electron chi connectivity index (χ0n) is 11.2. The molecule has 1 atom stereocenters. The van der Waals surface area contributed by atoms with Crippen molar-refractivity contribution in [2.24, 2.45) is 5.73 Å². The Kier molecular flexibility index (Phi) is 4.54. The quantitative estimate of drug-likeness (QED) is 0.826. The molecular weight excluding hydrogens is 214 g/mol. The van der Waals surface area contributed by atoms with Crippen molar-refractivity contribution in [3.8, 4) is 5.75 Å². The summed E-state index contributed by atoms with van der Waals surface area (Å²) in [5.41, 5.74) is 7.76. The van der Waals surface area contributed by atoms with Crippen molar-refractivity contribution in [2.75, 3.05) is 13.7 Å². The van der Waals surface area contributed by atoms with E-state index in [9.17, 15) is 5.11 Å². The lowest BCUT2D eigenvalue weighted by Crippen LogP contribution is -2.35. The van der Waals surface area contributed by atoms with E-state index in [0.29, 0.717) is 6.42 Å². The number of benzene rings is 1. The second-order valence-corrected chi connectivity index (χ2v) is 4.57. The van der Waals surface area contributed by atoms with Gasteiger partial charge in [-0.15, -0.1) is 0 Å². The van der Waals surface area contributed by atoms with E-state index < -0.39 is 5.60 Å². The van der Waals surface area contributed by atoms with Crippen molar-refractivity contribution >= 4 is 0 Å². The molecule has 96 valence electrons. The fourth-order valence-corrected chi connectivity index (χ4v) is 2.18. The van der Waals surface area contributed by atoms with Crippen LogP contribution in [0.15, 0.2) is 12.1 Å². The van der Waals surface area contributed by atoms with Gasteiger partial charge in [0.05, 0.1) is 7.11 Å². The van der Waals surface area contributed by atoms with E-state index in [1.165, 1.54) is 0 Å². The Morgan fingerprint density at radius 1 is 1.35 bits per heavy atom. The number of aliphatic hydroxyl groups is 1. The molecule has 0 spiro atoms. The molecule has 0 heterocycles. The van der Waals surface area contributed by atoms with Crippen molar-refractivity contribution in [3.63, 3.8) is 0 Å². The first-order valence-electron chi connectivity index (χ1n) is 6.07. The van der Waals surface area contributed by atoms with Crippen LogP contribution in [-0.4, -0.2) is 18.8 Å². The summed E-state index contributed by atoms with van der Waals surface area (Å²) in [7, 11) is 1.63. The fourth-order valence-electron chi connectivity index (χ4n) is 2.18. The summed E-state index contributed by atoms with van der Waals surface area (Å²) in [6.45, 7) is 6.28. The molecule has 0 aliphatic heterocycles. The van der Waals surface area contributed by atoms with Crippen LogP contribution < -0.4 is 10.5 Å². The molecule has 0 aliphatic rings. The highest BCUT2D eigenvalue weighted by Gasteiger charge is 2.30. The van der Waals surface area contributed by atoms with Crippen LogP contribution in [0.25, 0.3) is 0 Å². The second-order valence-electron chi connectivity index (χ2n) is 4.57. The summed E-state index contributed by atoms with van der Waals surface area (Å²) in [5.74, 6) is 0.756. The molecule has 3 nitrogen and oxygen atoms in total. The zero-order valence-corrected chi connectivity index (χ0v) is 11.2. The Balaban J connectivity index is 3.34. The smallest absolute Gasteiger partial charge is 0.128 e. The number of rotatable bonds is 5. The molecule has 1 rings (SSSR count). The molecule has 0 aliphatic carbocycles. The Morgan fingerprint density at radius 3 is 2.47 bits per heavy atom. The molecule has 0 aromatic heterocycles. The Labute approximate surface area is 104 Å². The third-order valence-corrected chi connectivity index (χ3v) is 3.38. The first kappa shape index (κ1) is 14.0. The van der Waals surface area contributed by atoms with Crippen molar-refractivity contribution in [2.45, 2.75) is 39.2 Å². The predicted molar refractivity (Wildman–Crippen MR) is 70.3 cm³/mol. The van der Waals surface area contributed by atoms with Crippen molar-refractivity contribution in [1.29, 1.82) is 0 Å². The summed E-state index contributed by atoms with van der Waals surface area (Å²) in [6.07, 6.45) is 1.52. The van der Waals surface area contributed by atoms with Crippen LogP contribution in [0.5, 0.6) is 5.75 Å². The van der Waals surface area contributed by atoms with Crippen LogP contribution in [0.2, 0.25) is 0 Å². The SMILES string of the molecule is CCCC(O)(CN)c1ccc(C)c(C)c1OC. The summed E-state index contributed by atoms with van der Waals surface area (Å²) >= 11 is 0. The average molecular weight is 237 g/mol. The van der Waals surface area contributed by atoms with Gasteiger partial charge in [0.15, 0.2) is 0 Å². The predicted octanol–water partition coefficient (Wildman–Crippen LogP) is 2.26. The molecular formula is C14H23NO2. The standard InChI is InChI=1S/C14H23NO2/c1-5-8-14(16,9-15)12-7-6-10(2)11(3)13(12)17-4/h6-7,16H,5,8-9,15H2,1-4H3. The largest absolute Gasteiger partial charge is 0.496 e. The van der Waals surface area contributed by atoms with Crippen molar-refractivity contribution in [1.82, 2.24) is 0 Å². The molecule has 1 aromatic carbocycles. The number of aryl methyl sites for hydroxylation is 1. The first-order chi connectivity index (χ1) is 8.00. The number of hydrogen-bond donors (Lipinski definition) is 2. The molecule has 0 fully saturated rings. The lowest BCUT2D eigenvalue weighted by Gasteiger charge is -2.29. The molecule has 0 amide bonds. The van der Waals surface area contributed by atoms with Gasteiger partial charge in [-0.25, -0.2) is 0 Å². The minimum Gasteiger partial charge on any atom is -0.496 e. The van der Waals surface area contributed by atoms with Crippen LogP contribution in [0, 0.1) is 13.8 Å². The molecule has 0 radical (unpaired) electrons. The summed E-state index contributed by atoms with van der Waals surface area (Å²) in [4.78, 5) is 0. The summed E-state index contributed by atoms with van der Waals surface area (Å²) < 4.78 is 5.44. The molecule has 0 saturated carbocycles. The van der Waals surface area contributed by atoms with Gasteiger partial charge in [0.2, 0.25) is 0 Å². The lowest BCUT2D eigenvalue weighted by atomic mass is 9.86. The molecule has 0 saturated heterocycles. The molecule has 17 heavy (non-hydrogen) atoms. The topological polar surface area (TPSA) is 55.5 Å². The zero-order chi connectivity index (χ0) is 13.1. The minimum atomic E-state index is -0.988. The van der Waals surface area contributed by atoms with Gasteiger partial charge in [0.1, 0.15) is 11.4 Å². The maximum Gasteiger partial charge on any atom is 0.128 e. The van der Waals surface area contributed by atoms with E-state index in [0.717, 1.165) is 28.9 Å². The van der Waals surface area contributed by atoms with E-state index in [1.54, 1.807) is 7.11 Å². The third kappa shape index (κ3) is 2.61. The van der Waals surface area contributed by atoms with Gasteiger partial charge in [-0.2, -0.15) is 0 Å². The monoisotopic (exact) mass is 237 g/mol. The fraction of sp³-hybridized carbons (Fsp3) is 0.571. The van der Waals surface area contributed by atoms with Gasteiger partial charge in [-0.3, -0.25) is 0 Å². The van der Waals surface area contributed by atoms with Gasteiger partial charge in [0, 0.05) is 12.1 Å². The van der Waals surface area contributed by atoms with Gasteiger partial charge in [-0.1, -0.05) is 25.5 Å². The van der Waals surface area contributed by atoms with Gasteiger partial charge >= 0.3 is 0 Å². The number of nitrogens with two attached hydrogens (primary N) is 1. The first-order valence-corrected chi connectivity index (χ1v) is 6.07. The molecule has 3 heteroatoms. The Morgan fingerprint density at radius 2 is 2.00 bits per heavy atom. The maximum atomic E-state index is 10.6. The van der Waals surface area contributed by atoms with Crippen molar-refractivity contribution < 1.29 is 9.84 Å². The highest BCUT2D eigenvalue weighted by atomic mass is 16.5. The normalized spacial score (nSPS) is 14.5. The number of hydrogen-bond acceptors (Lipinski definition) is 3. The maximum absolute atomic E-state index is 10.6. The summed E-state index contributed by atoms with van der Waals surface area (Å²) in [5, 5.41) is 10.6. The van der Waals surface area contributed by atoms with Crippen LogP contribution in [0.3, 0.4) is 0 Å². The molecule has 0 bridgehead atoms. The van der Waals surface area contributed by atoms with Crippen LogP contribution in [-0.2, 0) is 5.60 Å². The number of methoxy groups -OCH3 is 1. The van der Waals surface area contributed by atoms with Gasteiger partial charge in [0.25, 0.3) is 0 Å². The van der Waals surface area contributed by atoms with Gasteiger partial charge in [-0.05, 0) is 31.4 Å². The van der Waals surface area contributed by atoms with Crippen LogP contribution in [0.4, 0.5) is 0 Å². The highest BCUT2D eigenvalue weighted by Crippen LogP contribution is 2.36. The van der Waals surface area contributed by atoms with Crippen molar-refractivity contribution in [3.05, 3.63) is 28.8 Å². The van der Waals surface area contributed by atoms with E-state index in [1.807, 2.05) is 32.9 Å². The van der Waals surface area contributed by atoms with Crippen LogP contribution in [0.1, 0.15) is 36.5 Å². The van der Waals surface area contributed by atoms with Gasteiger partial charge < -0.3 is 15.6 Å². The van der Waals surface area contributed by atoms with E-state index in [2.05, 4.69) is 0 Å².